The van der Waals surface area contributed by atoms with Crippen LogP contribution in [0.4, 0.5) is 0 Å². The SMILES string of the molecule is Cc1cc2nc(-c3ccoc3)n(CCC(=O)O)c2cc1C. The van der Waals surface area contributed by atoms with Gasteiger partial charge in [-0.3, -0.25) is 4.79 Å². The first kappa shape index (κ1) is 13.4. The molecule has 0 unspecified atom stereocenters. The van der Waals surface area contributed by atoms with Gasteiger partial charge in [0.25, 0.3) is 0 Å². The summed E-state index contributed by atoms with van der Waals surface area (Å²) in [5.41, 5.74) is 5.02. The summed E-state index contributed by atoms with van der Waals surface area (Å²) in [6.07, 6.45) is 3.27. The molecule has 0 atom stereocenters. The predicted molar refractivity (Wildman–Crippen MR) is 79.2 cm³/mol. The summed E-state index contributed by atoms with van der Waals surface area (Å²) in [4.78, 5) is 15.5. The standard InChI is InChI=1S/C16H16N2O3/c1-10-7-13-14(8-11(10)2)18(5-3-15(19)20)16(17-13)12-4-6-21-9-12/h4,6-9H,3,5H2,1-2H3,(H,19,20). The Hall–Kier alpha value is -2.56. The summed E-state index contributed by atoms with van der Waals surface area (Å²) in [5, 5.41) is 8.95. The molecule has 1 N–H and O–H groups in total. The van der Waals surface area contributed by atoms with E-state index in [-0.39, 0.29) is 6.42 Å². The number of furan rings is 1. The van der Waals surface area contributed by atoms with Crippen LogP contribution in [0.3, 0.4) is 0 Å². The average molecular weight is 284 g/mol. The smallest absolute Gasteiger partial charge is 0.305 e. The lowest BCUT2D eigenvalue weighted by molar-refractivity contribution is -0.137. The molecule has 0 spiro atoms. The fourth-order valence-corrected chi connectivity index (χ4v) is 2.43. The number of hydrogen-bond donors (Lipinski definition) is 1. The molecule has 0 saturated heterocycles. The minimum atomic E-state index is -0.821. The van der Waals surface area contributed by atoms with E-state index >= 15 is 0 Å². The van der Waals surface area contributed by atoms with Gasteiger partial charge in [0.2, 0.25) is 0 Å². The molecule has 3 rings (SSSR count). The minimum Gasteiger partial charge on any atom is -0.481 e. The van der Waals surface area contributed by atoms with Gasteiger partial charge >= 0.3 is 5.97 Å². The largest absolute Gasteiger partial charge is 0.481 e. The maximum atomic E-state index is 10.9. The molecule has 0 fully saturated rings. The second-order valence-corrected chi connectivity index (χ2v) is 5.17. The number of fused-ring (bicyclic) bond motifs is 1. The monoisotopic (exact) mass is 284 g/mol. The summed E-state index contributed by atoms with van der Waals surface area (Å²) < 4.78 is 7.07. The third-order valence-electron chi connectivity index (χ3n) is 3.69. The second kappa shape index (κ2) is 5.09. The lowest BCUT2D eigenvalue weighted by atomic mass is 10.1. The van der Waals surface area contributed by atoms with Gasteiger partial charge in [-0.15, -0.1) is 0 Å². The van der Waals surface area contributed by atoms with Gasteiger partial charge in [0.1, 0.15) is 12.1 Å². The van der Waals surface area contributed by atoms with Crippen molar-refractivity contribution in [2.24, 2.45) is 0 Å². The average Bonchev–Trinajstić information content (AvgIpc) is 3.04. The van der Waals surface area contributed by atoms with E-state index in [0.717, 1.165) is 28.0 Å². The van der Waals surface area contributed by atoms with Crippen molar-refractivity contribution in [3.63, 3.8) is 0 Å². The maximum Gasteiger partial charge on any atom is 0.305 e. The number of imidazole rings is 1. The van der Waals surface area contributed by atoms with Crippen LogP contribution in [-0.4, -0.2) is 20.6 Å². The highest BCUT2D eigenvalue weighted by Gasteiger charge is 2.15. The number of carboxylic acid groups (broad SMARTS) is 1. The molecule has 21 heavy (non-hydrogen) atoms. The van der Waals surface area contributed by atoms with Crippen molar-refractivity contribution < 1.29 is 14.3 Å². The quantitative estimate of drug-likeness (QED) is 0.797. The molecule has 2 aromatic heterocycles. The predicted octanol–water partition coefficient (Wildman–Crippen LogP) is 3.39. The van der Waals surface area contributed by atoms with Crippen LogP contribution in [0, 0.1) is 13.8 Å². The van der Waals surface area contributed by atoms with E-state index in [1.165, 1.54) is 5.56 Å². The Morgan fingerprint density at radius 3 is 2.76 bits per heavy atom. The van der Waals surface area contributed by atoms with Crippen LogP contribution in [0.2, 0.25) is 0 Å². The first-order chi connectivity index (χ1) is 10.1. The van der Waals surface area contributed by atoms with Crippen LogP contribution in [0.1, 0.15) is 17.5 Å². The van der Waals surface area contributed by atoms with Crippen molar-refractivity contribution in [2.45, 2.75) is 26.8 Å². The van der Waals surface area contributed by atoms with E-state index in [1.807, 2.05) is 30.5 Å². The van der Waals surface area contributed by atoms with Gasteiger partial charge in [-0.2, -0.15) is 0 Å². The fourth-order valence-electron chi connectivity index (χ4n) is 2.43. The van der Waals surface area contributed by atoms with E-state index in [9.17, 15) is 4.79 Å². The van der Waals surface area contributed by atoms with Crippen molar-refractivity contribution in [3.8, 4) is 11.4 Å². The molecule has 0 aliphatic carbocycles. The highest BCUT2D eigenvalue weighted by Crippen LogP contribution is 2.27. The first-order valence-corrected chi connectivity index (χ1v) is 6.78. The van der Waals surface area contributed by atoms with Crippen molar-refractivity contribution >= 4 is 17.0 Å². The molecule has 0 amide bonds. The van der Waals surface area contributed by atoms with Crippen molar-refractivity contribution in [1.29, 1.82) is 0 Å². The van der Waals surface area contributed by atoms with Gasteiger partial charge in [0.15, 0.2) is 0 Å². The Labute approximate surface area is 121 Å². The van der Waals surface area contributed by atoms with Crippen LogP contribution in [-0.2, 0) is 11.3 Å². The van der Waals surface area contributed by atoms with E-state index in [2.05, 4.69) is 11.1 Å². The summed E-state index contributed by atoms with van der Waals surface area (Å²) in [6, 6.07) is 5.92. The Bertz CT molecular complexity index is 801. The summed E-state index contributed by atoms with van der Waals surface area (Å²) in [5.74, 6) is -0.0798. The third-order valence-corrected chi connectivity index (χ3v) is 3.69. The normalized spacial score (nSPS) is 11.1. The molecule has 5 heteroatoms. The molecule has 0 aliphatic rings. The summed E-state index contributed by atoms with van der Waals surface area (Å²) >= 11 is 0. The molecular weight excluding hydrogens is 268 g/mol. The van der Waals surface area contributed by atoms with Gasteiger partial charge in [-0.05, 0) is 43.2 Å². The van der Waals surface area contributed by atoms with E-state index in [1.54, 1.807) is 12.5 Å². The van der Waals surface area contributed by atoms with Crippen molar-refractivity contribution in [1.82, 2.24) is 9.55 Å². The Morgan fingerprint density at radius 2 is 2.10 bits per heavy atom. The highest BCUT2D eigenvalue weighted by molar-refractivity contribution is 5.82. The molecule has 0 saturated carbocycles. The molecule has 0 bridgehead atoms. The zero-order valence-corrected chi connectivity index (χ0v) is 12.0. The first-order valence-electron chi connectivity index (χ1n) is 6.78. The lowest BCUT2D eigenvalue weighted by Crippen LogP contribution is -2.06. The van der Waals surface area contributed by atoms with Gasteiger partial charge in [-0.25, -0.2) is 4.98 Å². The number of carbonyl (C=O) groups is 1. The molecule has 2 heterocycles. The minimum absolute atomic E-state index is 0.0588. The molecule has 0 radical (unpaired) electrons. The van der Waals surface area contributed by atoms with Gasteiger partial charge in [0.05, 0.1) is 29.3 Å². The van der Waals surface area contributed by atoms with Crippen molar-refractivity contribution in [3.05, 3.63) is 41.9 Å². The molecule has 5 nitrogen and oxygen atoms in total. The number of aliphatic carboxylic acids is 1. The molecular formula is C16H16N2O3. The van der Waals surface area contributed by atoms with E-state index in [0.29, 0.717) is 6.54 Å². The third kappa shape index (κ3) is 2.42. The number of carboxylic acids is 1. The fraction of sp³-hybridized carbons (Fsp3) is 0.250. The topological polar surface area (TPSA) is 68.3 Å². The van der Waals surface area contributed by atoms with Gasteiger partial charge in [0, 0.05) is 6.54 Å². The number of nitrogens with zero attached hydrogens (tertiary/aromatic N) is 2. The molecule has 3 aromatic rings. The Morgan fingerprint density at radius 1 is 1.33 bits per heavy atom. The Kier molecular flexibility index (Phi) is 3.25. The van der Waals surface area contributed by atoms with Crippen LogP contribution in [0.25, 0.3) is 22.4 Å². The van der Waals surface area contributed by atoms with Crippen LogP contribution < -0.4 is 0 Å². The molecule has 1 aromatic carbocycles. The maximum absolute atomic E-state index is 10.9. The van der Waals surface area contributed by atoms with E-state index in [4.69, 9.17) is 9.52 Å². The lowest BCUT2D eigenvalue weighted by Gasteiger charge is -2.07. The van der Waals surface area contributed by atoms with Gasteiger partial charge < -0.3 is 14.1 Å². The highest BCUT2D eigenvalue weighted by atomic mass is 16.4. The molecule has 0 aliphatic heterocycles. The number of benzene rings is 1. The summed E-state index contributed by atoms with van der Waals surface area (Å²) in [7, 11) is 0. The van der Waals surface area contributed by atoms with Crippen molar-refractivity contribution in [2.75, 3.05) is 0 Å². The number of aromatic nitrogens is 2. The number of hydrogen-bond acceptors (Lipinski definition) is 3. The Balaban J connectivity index is 2.20. The number of aryl methyl sites for hydroxylation is 3. The van der Waals surface area contributed by atoms with Gasteiger partial charge in [-0.1, -0.05) is 0 Å². The van der Waals surface area contributed by atoms with Crippen LogP contribution in [0.5, 0.6) is 0 Å². The van der Waals surface area contributed by atoms with Crippen LogP contribution in [0.15, 0.2) is 35.1 Å². The van der Waals surface area contributed by atoms with E-state index < -0.39 is 5.97 Å². The zero-order valence-electron chi connectivity index (χ0n) is 12.0. The zero-order chi connectivity index (χ0) is 15.0. The number of rotatable bonds is 4. The summed E-state index contributed by atoms with van der Waals surface area (Å²) in [6.45, 7) is 4.47. The molecule has 108 valence electrons. The van der Waals surface area contributed by atoms with Crippen LogP contribution >= 0.6 is 0 Å². The second-order valence-electron chi connectivity index (χ2n) is 5.17.